The van der Waals surface area contributed by atoms with Crippen molar-refractivity contribution in [1.82, 2.24) is 0 Å². The predicted octanol–water partition coefficient (Wildman–Crippen LogP) is -1.71. The third-order valence-corrected chi connectivity index (χ3v) is 6.42. The van der Waals surface area contributed by atoms with Gasteiger partial charge in [-0.2, -0.15) is 0 Å². The summed E-state index contributed by atoms with van der Waals surface area (Å²) in [5.74, 6) is -6.20. The summed E-state index contributed by atoms with van der Waals surface area (Å²) in [5, 5.41) is 50.4. The van der Waals surface area contributed by atoms with Crippen molar-refractivity contribution < 1.29 is 77.9 Å². The van der Waals surface area contributed by atoms with Crippen LogP contribution < -0.4 is 0 Å². The van der Waals surface area contributed by atoms with Crippen LogP contribution in [0.1, 0.15) is 26.3 Å². The second kappa shape index (κ2) is 14.7. The maximum atomic E-state index is 12.9. The molecule has 1 aromatic rings. The summed E-state index contributed by atoms with van der Waals surface area (Å²) in [4.78, 5) is 48.6. The minimum absolute atomic E-state index is 0.00383. The zero-order valence-corrected chi connectivity index (χ0v) is 23.4. The molecule has 2 fully saturated rings. The highest BCUT2D eigenvalue weighted by atomic mass is 16.8. The first-order valence-electron chi connectivity index (χ1n) is 13.0. The number of phenols is 1. The summed E-state index contributed by atoms with van der Waals surface area (Å²) in [6.07, 6.45) is -10.8. The second-order valence-corrected chi connectivity index (χ2v) is 9.65. The molecule has 0 aliphatic carbocycles. The zero-order valence-electron chi connectivity index (χ0n) is 23.4. The molecule has 0 radical (unpaired) electrons. The molecule has 2 aliphatic rings. The van der Waals surface area contributed by atoms with E-state index < -0.39 is 98.5 Å². The van der Waals surface area contributed by atoms with Crippen molar-refractivity contribution in [1.29, 1.82) is 0 Å². The highest BCUT2D eigenvalue weighted by Gasteiger charge is 2.63. The van der Waals surface area contributed by atoms with Gasteiger partial charge in [-0.05, 0) is 23.8 Å². The summed E-state index contributed by atoms with van der Waals surface area (Å²) in [6.45, 7) is 0.294. The molecule has 0 unspecified atom stereocenters. The highest BCUT2D eigenvalue weighted by molar-refractivity contribution is 5.87. The van der Waals surface area contributed by atoms with Crippen LogP contribution in [0.25, 0.3) is 6.08 Å². The monoisotopic (exact) mass is 614 g/mol. The van der Waals surface area contributed by atoms with E-state index in [0.717, 1.165) is 26.8 Å². The number of carbonyl (C=O) groups is 4. The van der Waals surface area contributed by atoms with Gasteiger partial charge in [0.1, 0.15) is 30.7 Å². The van der Waals surface area contributed by atoms with E-state index in [1.54, 1.807) is 0 Å². The average molecular weight is 615 g/mol. The third kappa shape index (κ3) is 8.26. The molecule has 0 saturated carbocycles. The Kier molecular flexibility index (Phi) is 11.6. The first-order valence-corrected chi connectivity index (χ1v) is 13.0. The van der Waals surface area contributed by atoms with E-state index in [9.17, 15) is 44.7 Å². The number of esters is 4. The normalized spacial score (nSPS) is 32.3. The quantitative estimate of drug-likeness (QED) is 0.106. The molecule has 0 bridgehead atoms. The van der Waals surface area contributed by atoms with Gasteiger partial charge in [0.15, 0.2) is 24.4 Å². The number of rotatable bonds is 11. The van der Waals surface area contributed by atoms with E-state index >= 15 is 0 Å². The topological polar surface area (TPSA) is 234 Å². The van der Waals surface area contributed by atoms with Crippen molar-refractivity contribution in [3.8, 4) is 5.75 Å². The van der Waals surface area contributed by atoms with Crippen LogP contribution in [0.2, 0.25) is 0 Å². The Balaban J connectivity index is 2.01. The molecular weight excluding hydrogens is 580 g/mol. The van der Waals surface area contributed by atoms with Gasteiger partial charge < -0.3 is 58.7 Å². The lowest BCUT2D eigenvalue weighted by Crippen LogP contribution is -2.64. The Bertz CT molecular complexity index is 1170. The van der Waals surface area contributed by atoms with Gasteiger partial charge >= 0.3 is 23.9 Å². The molecule has 2 saturated heterocycles. The second-order valence-electron chi connectivity index (χ2n) is 9.65. The Labute approximate surface area is 245 Å². The average Bonchev–Trinajstić information content (AvgIpc) is 3.22. The number of hydrogen-bond donors (Lipinski definition) is 5. The standard InChI is InChI=1S/C27H34O16/c1-13(31)37-22-19(11-29)42-27(12-30,25(22)41-20(35)9-6-16-4-7-17(34)8-5-16)43-26-24(39-15(3)33)23(38-14(2)32)21(36)18(10-28)40-26/h4-9,18-19,21-26,28-30,34,36H,10-12H2,1-3H3/b9-6+/t18-,19-,21-,22-,23+,24-,25+,26-,27+/m1/s1. The SMILES string of the molecule is CC(=O)O[C@@H]1[C@@H](CO)O[C@@](CO)(O[C@H]2O[C@H](CO)[C@@H](O)[C@H](OC(C)=O)[C@H]2OC(C)=O)[C@H]1OC(=O)/C=C/c1ccc(O)cc1. The highest BCUT2D eigenvalue weighted by Crippen LogP contribution is 2.40. The van der Waals surface area contributed by atoms with Crippen LogP contribution >= 0.6 is 0 Å². The number of carbonyl (C=O) groups excluding carboxylic acids is 4. The molecule has 9 atom stereocenters. The lowest BCUT2D eigenvalue weighted by molar-refractivity contribution is -0.384. The summed E-state index contributed by atoms with van der Waals surface area (Å²) in [5.41, 5.74) is 0.497. The molecule has 16 heteroatoms. The van der Waals surface area contributed by atoms with E-state index in [0.29, 0.717) is 5.56 Å². The third-order valence-electron chi connectivity index (χ3n) is 6.42. The summed E-state index contributed by atoms with van der Waals surface area (Å²) >= 11 is 0. The fourth-order valence-corrected chi connectivity index (χ4v) is 4.61. The molecule has 2 heterocycles. The maximum absolute atomic E-state index is 12.9. The van der Waals surface area contributed by atoms with Gasteiger partial charge in [0, 0.05) is 26.8 Å². The van der Waals surface area contributed by atoms with Crippen molar-refractivity contribution in [3.63, 3.8) is 0 Å². The number of aromatic hydroxyl groups is 1. The van der Waals surface area contributed by atoms with Crippen molar-refractivity contribution in [2.24, 2.45) is 0 Å². The molecule has 238 valence electrons. The fraction of sp³-hybridized carbons (Fsp3) is 0.556. The zero-order chi connectivity index (χ0) is 31.9. The van der Waals surface area contributed by atoms with Crippen molar-refractivity contribution in [2.45, 2.75) is 75.6 Å². The van der Waals surface area contributed by atoms with E-state index in [2.05, 4.69) is 0 Å². The number of phenolic OH excluding ortho intramolecular Hbond substituents is 1. The largest absolute Gasteiger partial charge is 0.508 e. The smallest absolute Gasteiger partial charge is 0.331 e. The molecule has 16 nitrogen and oxygen atoms in total. The van der Waals surface area contributed by atoms with Gasteiger partial charge in [0.25, 0.3) is 0 Å². The van der Waals surface area contributed by atoms with Crippen LogP contribution in [-0.4, -0.2) is 124 Å². The number of ether oxygens (including phenoxy) is 7. The molecule has 5 N–H and O–H groups in total. The van der Waals surface area contributed by atoms with E-state index in [1.165, 1.54) is 30.3 Å². The molecule has 2 aliphatic heterocycles. The van der Waals surface area contributed by atoms with Gasteiger partial charge in [0.05, 0.1) is 13.2 Å². The first-order chi connectivity index (χ1) is 20.3. The van der Waals surface area contributed by atoms with Crippen LogP contribution in [0.3, 0.4) is 0 Å². The van der Waals surface area contributed by atoms with Gasteiger partial charge in [-0.3, -0.25) is 14.4 Å². The summed E-state index contributed by atoms with van der Waals surface area (Å²) in [6, 6.07) is 5.77. The van der Waals surface area contributed by atoms with E-state index in [-0.39, 0.29) is 5.75 Å². The Hall–Kier alpha value is -3.64. The molecule has 0 spiro atoms. The Morgan fingerprint density at radius 3 is 1.93 bits per heavy atom. The van der Waals surface area contributed by atoms with Crippen molar-refractivity contribution in [2.75, 3.05) is 19.8 Å². The van der Waals surface area contributed by atoms with Gasteiger partial charge in [-0.25, -0.2) is 4.79 Å². The number of hydrogen-bond acceptors (Lipinski definition) is 16. The number of aliphatic hydroxyl groups is 4. The molecule has 1 aromatic carbocycles. The molecule has 0 aromatic heterocycles. The summed E-state index contributed by atoms with van der Waals surface area (Å²) in [7, 11) is 0. The van der Waals surface area contributed by atoms with E-state index in [4.69, 9.17) is 33.2 Å². The Morgan fingerprint density at radius 2 is 1.40 bits per heavy atom. The maximum Gasteiger partial charge on any atom is 0.331 e. The molecule has 3 rings (SSSR count). The molecular formula is C27H34O16. The van der Waals surface area contributed by atoms with Crippen LogP contribution in [0, 0.1) is 0 Å². The van der Waals surface area contributed by atoms with Crippen LogP contribution in [-0.2, 0) is 52.3 Å². The molecule has 43 heavy (non-hydrogen) atoms. The fourth-order valence-electron chi connectivity index (χ4n) is 4.61. The lowest BCUT2D eigenvalue weighted by atomic mass is 9.98. The van der Waals surface area contributed by atoms with Crippen LogP contribution in [0.5, 0.6) is 5.75 Å². The first kappa shape index (κ1) is 33.9. The number of aliphatic hydroxyl groups excluding tert-OH is 4. The van der Waals surface area contributed by atoms with E-state index in [1.807, 2.05) is 0 Å². The van der Waals surface area contributed by atoms with Gasteiger partial charge in [-0.1, -0.05) is 12.1 Å². The van der Waals surface area contributed by atoms with Crippen LogP contribution in [0.4, 0.5) is 0 Å². The Morgan fingerprint density at radius 1 is 0.837 bits per heavy atom. The van der Waals surface area contributed by atoms with Crippen molar-refractivity contribution in [3.05, 3.63) is 35.9 Å². The molecule has 0 amide bonds. The number of benzene rings is 1. The van der Waals surface area contributed by atoms with Gasteiger partial charge in [-0.15, -0.1) is 0 Å². The van der Waals surface area contributed by atoms with Gasteiger partial charge in [0.2, 0.25) is 12.1 Å². The minimum atomic E-state index is -2.47. The minimum Gasteiger partial charge on any atom is -0.508 e. The predicted molar refractivity (Wildman–Crippen MR) is 138 cm³/mol. The lowest BCUT2D eigenvalue weighted by Gasteiger charge is -2.45. The van der Waals surface area contributed by atoms with Crippen LogP contribution in [0.15, 0.2) is 30.3 Å². The van der Waals surface area contributed by atoms with Crippen molar-refractivity contribution >= 4 is 30.0 Å². The summed E-state index contributed by atoms with van der Waals surface area (Å²) < 4.78 is 38.4.